The van der Waals surface area contributed by atoms with Crippen molar-refractivity contribution in [2.75, 3.05) is 13.1 Å². The van der Waals surface area contributed by atoms with Crippen LogP contribution in [0, 0.1) is 17.6 Å². The summed E-state index contributed by atoms with van der Waals surface area (Å²) in [6.07, 6.45) is 5.10. The minimum atomic E-state index is -0.546. The molecule has 7 heteroatoms. The Labute approximate surface area is 158 Å². The Hall–Kier alpha value is -2.44. The number of likely N-dealkylation sites (tertiary alicyclic amines) is 1. The van der Waals surface area contributed by atoms with Gasteiger partial charge in [0.25, 0.3) is 0 Å². The van der Waals surface area contributed by atoms with Crippen LogP contribution in [0.15, 0.2) is 30.5 Å². The molecule has 27 heavy (non-hydrogen) atoms. The quantitative estimate of drug-likeness (QED) is 0.863. The topological polar surface area (TPSA) is 50.2 Å². The van der Waals surface area contributed by atoms with E-state index >= 15 is 0 Å². The second-order valence-corrected chi connectivity index (χ2v) is 7.29. The van der Waals surface area contributed by atoms with Crippen LogP contribution in [-0.4, -0.2) is 33.8 Å². The largest absolute Gasteiger partial charge is 0.330 e. The van der Waals surface area contributed by atoms with Crippen LogP contribution in [0.1, 0.15) is 43.5 Å². The third-order valence-electron chi connectivity index (χ3n) is 5.26. The smallest absolute Gasteiger partial charge is 0.317 e. The van der Waals surface area contributed by atoms with E-state index < -0.39 is 11.6 Å². The van der Waals surface area contributed by atoms with Gasteiger partial charge in [-0.1, -0.05) is 6.07 Å². The Bertz CT molecular complexity index is 784. The number of amides is 2. The number of hydrogen-bond acceptors (Lipinski definition) is 2. The van der Waals surface area contributed by atoms with Crippen LogP contribution in [0.4, 0.5) is 13.6 Å². The van der Waals surface area contributed by atoms with Gasteiger partial charge in [-0.05, 0) is 56.2 Å². The van der Waals surface area contributed by atoms with E-state index in [1.54, 1.807) is 4.68 Å². The molecule has 0 radical (unpaired) electrons. The Morgan fingerprint density at radius 3 is 2.67 bits per heavy atom. The van der Waals surface area contributed by atoms with Gasteiger partial charge >= 0.3 is 6.03 Å². The molecule has 2 heterocycles. The summed E-state index contributed by atoms with van der Waals surface area (Å²) in [5.41, 5.74) is 1.39. The SMILES string of the molecule is CC(NC(=O)N1CCC(CCc2ccc(F)cc2F)CC1)c1ccn(C)n1. The second-order valence-electron chi connectivity index (χ2n) is 7.29. The monoisotopic (exact) mass is 376 g/mol. The van der Waals surface area contributed by atoms with Crippen LogP contribution in [0.25, 0.3) is 0 Å². The summed E-state index contributed by atoms with van der Waals surface area (Å²) in [7, 11) is 1.85. The molecular weight excluding hydrogens is 350 g/mol. The normalized spacial score (nSPS) is 16.4. The molecule has 3 rings (SSSR count). The van der Waals surface area contributed by atoms with Crippen LogP contribution in [0.2, 0.25) is 0 Å². The van der Waals surface area contributed by atoms with Crippen molar-refractivity contribution in [1.29, 1.82) is 0 Å². The average Bonchev–Trinajstić information content (AvgIpc) is 3.08. The summed E-state index contributed by atoms with van der Waals surface area (Å²) in [6.45, 7) is 3.30. The summed E-state index contributed by atoms with van der Waals surface area (Å²) in [5, 5.41) is 7.31. The van der Waals surface area contributed by atoms with Gasteiger partial charge in [-0.2, -0.15) is 5.10 Å². The molecule has 1 aliphatic rings. The van der Waals surface area contributed by atoms with Crippen molar-refractivity contribution in [3.63, 3.8) is 0 Å². The lowest BCUT2D eigenvalue weighted by molar-refractivity contribution is 0.165. The van der Waals surface area contributed by atoms with Gasteiger partial charge in [0.1, 0.15) is 11.6 Å². The molecule has 1 aromatic carbocycles. The molecule has 1 atom stereocenters. The molecule has 0 spiro atoms. The van der Waals surface area contributed by atoms with Gasteiger partial charge in [0.2, 0.25) is 0 Å². The summed E-state index contributed by atoms with van der Waals surface area (Å²) >= 11 is 0. The summed E-state index contributed by atoms with van der Waals surface area (Å²) in [6, 6.07) is 5.44. The van der Waals surface area contributed by atoms with Crippen molar-refractivity contribution in [3.05, 3.63) is 53.4 Å². The molecule has 1 unspecified atom stereocenters. The van der Waals surface area contributed by atoms with Crippen LogP contribution >= 0.6 is 0 Å². The lowest BCUT2D eigenvalue weighted by atomic mass is 9.90. The maximum Gasteiger partial charge on any atom is 0.317 e. The van der Waals surface area contributed by atoms with Gasteiger partial charge in [0.05, 0.1) is 11.7 Å². The standard InChI is InChI=1S/C20H26F2N4O/c1-14(19-9-10-25(2)24-19)23-20(27)26-11-7-15(8-12-26)3-4-16-5-6-17(21)13-18(16)22/h5-6,9-10,13-15H,3-4,7-8,11-12H2,1-2H3,(H,23,27). The molecule has 1 aromatic heterocycles. The van der Waals surface area contributed by atoms with E-state index in [2.05, 4.69) is 10.4 Å². The van der Waals surface area contributed by atoms with Crippen LogP contribution in [0.3, 0.4) is 0 Å². The minimum absolute atomic E-state index is 0.0730. The van der Waals surface area contributed by atoms with Crippen molar-refractivity contribution in [2.45, 2.75) is 38.6 Å². The highest BCUT2D eigenvalue weighted by molar-refractivity contribution is 5.74. The fraction of sp³-hybridized carbons (Fsp3) is 0.500. The number of urea groups is 1. The molecule has 2 amide bonds. The number of benzene rings is 1. The number of nitrogens with one attached hydrogen (secondary N) is 1. The number of piperidine rings is 1. The minimum Gasteiger partial charge on any atom is -0.330 e. The van der Waals surface area contributed by atoms with E-state index in [1.165, 1.54) is 12.1 Å². The van der Waals surface area contributed by atoms with Gasteiger partial charge in [0, 0.05) is 32.4 Å². The molecule has 1 saturated heterocycles. The Morgan fingerprint density at radius 1 is 1.30 bits per heavy atom. The third-order valence-corrected chi connectivity index (χ3v) is 5.26. The highest BCUT2D eigenvalue weighted by Gasteiger charge is 2.24. The Balaban J connectivity index is 1.43. The van der Waals surface area contributed by atoms with Crippen molar-refractivity contribution < 1.29 is 13.6 Å². The predicted molar refractivity (Wildman–Crippen MR) is 99.1 cm³/mol. The highest BCUT2D eigenvalue weighted by atomic mass is 19.1. The number of hydrogen-bond donors (Lipinski definition) is 1. The van der Waals surface area contributed by atoms with Crippen molar-refractivity contribution >= 4 is 6.03 Å². The molecule has 146 valence electrons. The zero-order valence-electron chi connectivity index (χ0n) is 15.8. The number of rotatable bonds is 5. The van der Waals surface area contributed by atoms with E-state index in [0.29, 0.717) is 31.0 Å². The summed E-state index contributed by atoms with van der Waals surface area (Å²) < 4.78 is 28.4. The molecular formula is C20H26F2N4O. The zero-order chi connectivity index (χ0) is 19.4. The molecule has 0 aliphatic carbocycles. The first-order chi connectivity index (χ1) is 12.9. The zero-order valence-corrected chi connectivity index (χ0v) is 15.8. The van der Waals surface area contributed by atoms with E-state index in [4.69, 9.17) is 0 Å². The van der Waals surface area contributed by atoms with Crippen LogP contribution in [-0.2, 0) is 13.5 Å². The number of aryl methyl sites for hydroxylation is 2. The molecule has 1 N–H and O–H groups in total. The third kappa shape index (κ3) is 5.05. The fourth-order valence-corrected chi connectivity index (χ4v) is 3.52. The maximum absolute atomic E-state index is 13.7. The predicted octanol–water partition coefficient (Wildman–Crippen LogP) is 3.81. The van der Waals surface area contributed by atoms with Crippen molar-refractivity contribution in [1.82, 2.24) is 20.0 Å². The van der Waals surface area contributed by atoms with Crippen molar-refractivity contribution in [2.24, 2.45) is 13.0 Å². The van der Waals surface area contributed by atoms with E-state index in [0.717, 1.165) is 31.0 Å². The number of nitrogens with zero attached hydrogens (tertiary/aromatic N) is 3. The fourth-order valence-electron chi connectivity index (χ4n) is 3.52. The van der Waals surface area contributed by atoms with Gasteiger partial charge in [-0.25, -0.2) is 13.6 Å². The van der Waals surface area contributed by atoms with Crippen LogP contribution in [0.5, 0.6) is 0 Å². The molecule has 2 aromatic rings. The highest BCUT2D eigenvalue weighted by Crippen LogP contribution is 2.24. The Morgan fingerprint density at radius 2 is 2.04 bits per heavy atom. The van der Waals surface area contributed by atoms with Crippen LogP contribution < -0.4 is 5.32 Å². The summed E-state index contributed by atoms with van der Waals surface area (Å²) in [5.74, 6) is -0.572. The van der Waals surface area contributed by atoms with Crippen molar-refractivity contribution in [3.8, 4) is 0 Å². The molecule has 0 saturated carbocycles. The molecule has 1 aliphatic heterocycles. The molecule has 0 bridgehead atoms. The molecule has 1 fully saturated rings. The van der Waals surface area contributed by atoms with E-state index in [-0.39, 0.29) is 12.1 Å². The van der Waals surface area contributed by atoms with Gasteiger partial charge in [0.15, 0.2) is 0 Å². The van der Waals surface area contributed by atoms with Gasteiger partial charge < -0.3 is 10.2 Å². The average molecular weight is 376 g/mol. The van der Waals surface area contributed by atoms with E-state index in [1.807, 2.05) is 31.1 Å². The number of carbonyl (C=O) groups is 1. The number of aromatic nitrogens is 2. The first-order valence-corrected chi connectivity index (χ1v) is 9.41. The van der Waals surface area contributed by atoms with E-state index in [9.17, 15) is 13.6 Å². The maximum atomic E-state index is 13.7. The summed E-state index contributed by atoms with van der Waals surface area (Å²) in [4.78, 5) is 14.3. The first-order valence-electron chi connectivity index (χ1n) is 9.41. The lowest BCUT2D eigenvalue weighted by Gasteiger charge is -2.32. The first kappa shape index (κ1) is 19.3. The molecule has 5 nitrogen and oxygen atoms in total. The van der Waals surface area contributed by atoms with Gasteiger partial charge in [-0.15, -0.1) is 0 Å². The Kier molecular flexibility index (Phi) is 6.08. The number of carbonyl (C=O) groups excluding carboxylic acids is 1. The van der Waals surface area contributed by atoms with Gasteiger partial charge in [-0.3, -0.25) is 4.68 Å². The lowest BCUT2D eigenvalue weighted by Crippen LogP contribution is -2.45. The second kappa shape index (κ2) is 8.50. The number of halogens is 2.